The third-order valence-corrected chi connectivity index (χ3v) is 6.12. The molecule has 10 nitrogen and oxygen atoms in total. The summed E-state index contributed by atoms with van der Waals surface area (Å²) in [7, 11) is -9.89. The molecule has 192 valence electrons. The molecule has 4 aromatic rings. The molecule has 4 heterocycles. The predicted octanol–water partition coefficient (Wildman–Crippen LogP) is -4.41. The monoisotopic (exact) mass is 554 g/mol. The zero-order valence-electron chi connectivity index (χ0n) is 19.2. The van der Waals surface area contributed by atoms with Gasteiger partial charge in [0.25, 0.3) is 0 Å². The molecule has 2 aromatic heterocycles. The average Bonchev–Trinajstić information content (AvgIpc) is 3.58. The summed E-state index contributed by atoms with van der Waals surface area (Å²) < 4.78 is 72.3. The summed E-state index contributed by atoms with van der Waals surface area (Å²) in [5.41, 5.74) is 10.7. The summed E-state index contributed by atoms with van der Waals surface area (Å²) >= 11 is 0. The summed E-state index contributed by atoms with van der Waals surface area (Å²) in [6, 6.07) is 13.1. The SMILES string of the molecule is C1=Cc2cc[n+]3c4c(ccc1c24)C=C3.C1=Cc2cc[n+]3c4c(ccc1c24)C=C3.[O-][Cl+3]([O-])([O-])[O-].[O-][Cl+3]([O-])([O-])[O-]. The molecule has 0 spiro atoms. The lowest BCUT2D eigenvalue weighted by atomic mass is 10.1. The zero-order valence-corrected chi connectivity index (χ0v) is 20.7. The fraction of sp³-hybridized carbons (Fsp3) is 0. The molecule has 12 heteroatoms. The second-order valence-corrected chi connectivity index (χ2v) is 9.86. The van der Waals surface area contributed by atoms with Crippen LogP contribution in [0.15, 0.2) is 48.8 Å². The highest BCUT2D eigenvalue weighted by Gasteiger charge is 2.23. The van der Waals surface area contributed by atoms with Crippen LogP contribution in [0.1, 0.15) is 33.4 Å². The molecule has 4 aliphatic rings. The van der Waals surface area contributed by atoms with E-state index in [9.17, 15) is 0 Å². The van der Waals surface area contributed by atoms with Gasteiger partial charge in [0.05, 0.1) is 21.9 Å². The normalized spacial score (nSPS) is 13.9. The molecule has 0 bridgehead atoms. The first kappa shape index (κ1) is 26.1. The Labute approximate surface area is 219 Å². The third kappa shape index (κ3) is 5.50. The van der Waals surface area contributed by atoms with Gasteiger partial charge < -0.3 is 0 Å². The highest BCUT2D eigenvalue weighted by Crippen LogP contribution is 2.34. The lowest BCUT2D eigenvalue weighted by Gasteiger charge is -2.17. The molecule has 0 amide bonds. The number of benzene rings is 2. The van der Waals surface area contributed by atoms with Crippen molar-refractivity contribution in [3.05, 3.63) is 82.2 Å². The Hall–Kier alpha value is -3.52. The van der Waals surface area contributed by atoms with Gasteiger partial charge in [-0.1, -0.05) is 36.4 Å². The number of aromatic nitrogens is 2. The molecule has 2 aliphatic heterocycles. The van der Waals surface area contributed by atoms with E-state index in [4.69, 9.17) is 37.3 Å². The lowest BCUT2D eigenvalue weighted by molar-refractivity contribution is -2.00. The van der Waals surface area contributed by atoms with Crippen LogP contribution in [0.25, 0.3) is 70.7 Å². The Kier molecular flexibility index (Phi) is 6.63. The maximum Gasteiger partial charge on any atom is 0.226 e. The van der Waals surface area contributed by atoms with Crippen LogP contribution in [0.4, 0.5) is 0 Å². The minimum Gasteiger partial charge on any atom is -0.222 e. The van der Waals surface area contributed by atoms with Gasteiger partial charge >= 0.3 is 0 Å². The Morgan fingerprint density at radius 1 is 0.395 bits per heavy atom. The molecule has 0 radical (unpaired) electrons. The molecule has 0 N–H and O–H groups in total. The van der Waals surface area contributed by atoms with Crippen LogP contribution in [0.3, 0.4) is 0 Å². The third-order valence-electron chi connectivity index (χ3n) is 6.12. The summed E-state index contributed by atoms with van der Waals surface area (Å²) in [5.74, 6) is 0. The summed E-state index contributed by atoms with van der Waals surface area (Å²) in [6.07, 6.45) is 21.6. The topological polar surface area (TPSA) is 192 Å². The maximum atomic E-state index is 8.49. The van der Waals surface area contributed by atoms with Gasteiger partial charge in [0, 0.05) is 24.3 Å². The maximum absolute atomic E-state index is 8.49. The van der Waals surface area contributed by atoms with Gasteiger partial charge in [0.1, 0.15) is 0 Å². The number of hydrogen-bond donors (Lipinski definition) is 0. The Morgan fingerprint density at radius 3 is 1.03 bits per heavy atom. The Bertz CT molecular complexity index is 1360. The van der Waals surface area contributed by atoms with Crippen molar-refractivity contribution in [1.82, 2.24) is 0 Å². The van der Waals surface area contributed by atoms with Gasteiger partial charge in [-0.05, 0) is 34.4 Å². The van der Waals surface area contributed by atoms with E-state index in [1.165, 1.54) is 55.2 Å². The van der Waals surface area contributed by atoms with Crippen molar-refractivity contribution in [2.24, 2.45) is 0 Å². The fourth-order valence-corrected chi connectivity index (χ4v) is 4.80. The molecular formula is C26H16Cl2N2O8. The van der Waals surface area contributed by atoms with Crippen LogP contribution in [0, 0.1) is 20.5 Å². The molecule has 0 atom stereocenters. The molecule has 8 rings (SSSR count). The van der Waals surface area contributed by atoms with Crippen molar-refractivity contribution in [3.8, 4) is 0 Å². The Morgan fingerprint density at radius 2 is 0.684 bits per heavy atom. The largest absolute Gasteiger partial charge is 0.226 e. The van der Waals surface area contributed by atoms with Crippen molar-refractivity contribution in [2.45, 2.75) is 0 Å². The van der Waals surface area contributed by atoms with Gasteiger partial charge in [-0.2, -0.15) is 9.13 Å². The van der Waals surface area contributed by atoms with Gasteiger partial charge in [-0.15, -0.1) is 20.5 Å². The molecular weight excluding hydrogens is 539 g/mol. The fourth-order valence-electron chi connectivity index (χ4n) is 4.80. The molecule has 38 heavy (non-hydrogen) atoms. The molecule has 0 unspecified atom stereocenters. The van der Waals surface area contributed by atoms with E-state index >= 15 is 0 Å². The van der Waals surface area contributed by atoms with E-state index in [-0.39, 0.29) is 0 Å². The first-order valence-corrected chi connectivity index (χ1v) is 13.3. The molecule has 2 aliphatic carbocycles. The second kappa shape index (κ2) is 9.66. The minimum absolute atomic E-state index is 1.33. The van der Waals surface area contributed by atoms with Crippen molar-refractivity contribution < 1.29 is 66.9 Å². The van der Waals surface area contributed by atoms with E-state index < -0.39 is 20.5 Å². The van der Waals surface area contributed by atoms with E-state index in [0.717, 1.165) is 0 Å². The molecule has 2 aromatic carbocycles. The van der Waals surface area contributed by atoms with Gasteiger partial charge in [0.2, 0.25) is 11.0 Å². The van der Waals surface area contributed by atoms with E-state index in [1.807, 2.05) is 0 Å². The zero-order chi connectivity index (χ0) is 27.2. The number of hydrogen-bond acceptors (Lipinski definition) is 8. The van der Waals surface area contributed by atoms with E-state index in [2.05, 4.69) is 107 Å². The van der Waals surface area contributed by atoms with Crippen molar-refractivity contribution in [3.63, 3.8) is 0 Å². The van der Waals surface area contributed by atoms with Crippen LogP contribution in [0.2, 0.25) is 0 Å². The van der Waals surface area contributed by atoms with E-state index in [0.29, 0.717) is 0 Å². The predicted molar refractivity (Wildman–Crippen MR) is 117 cm³/mol. The second-order valence-electron chi connectivity index (χ2n) is 8.35. The standard InChI is InChI=1S/2C13H8N.2ClHO4/c2*1-2-10-5-7-14-8-6-11-4-3-9(1)12(10)13(11)14;2*2-1(3,4)5/h2*1-8H;2*(H,2,3,4,5)/q2*+1;;/p-2. The van der Waals surface area contributed by atoms with Gasteiger partial charge in [0.15, 0.2) is 24.8 Å². The molecule has 0 saturated carbocycles. The van der Waals surface area contributed by atoms with Crippen LogP contribution < -0.4 is 46.4 Å². The van der Waals surface area contributed by atoms with Crippen LogP contribution in [-0.4, -0.2) is 0 Å². The number of rotatable bonds is 0. The first-order valence-electron chi connectivity index (χ1n) is 10.8. The summed E-state index contributed by atoms with van der Waals surface area (Å²) in [6.45, 7) is 0. The molecule has 0 saturated heterocycles. The summed E-state index contributed by atoms with van der Waals surface area (Å²) in [4.78, 5) is 0. The number of halogens is 2. The molecule has 0 fully saturated rings. The Balaban J connectivity index is 0.000000116. The van der Waals surface area contributed by atoms with Crippen LogP contribution in [-0.2, 0) is 0 Å². The van der Waals surface area contributed by atoms with Crippen molar-refractivity contribution >= 4 is 70.7 Å². The lowest BCUT2D eigenvalue weighted by Crippen LogP contribution is -2.68. The highest BCUT2D eigenvalue weighted by molar-refractivity contribution is 6.06. The number of pyridine rings is 2. The van der Waals surface area contributed by atoms with Crippen LogP contribution in [0.5, 0.6) is 0 Å². The van der Waals surface area contributed by atoms with Crippen molar-refractivity contribution in [2.75, 3.05) is 0 Å². The van der Waals surface area contributed by atoms with Gasteiger partial charge in [-0.3, -0.25) is 0 Å². The summed E-state index contributed by atoms with van der Waals surface area (Å²) in [5, 5.41) is 2.80. The first-order chi connectivity index (χ1) is 17.9. The van der Waals surface area contributed by atoms with Crippen LogP contribution >= 0.6 is 0 Å². The van der Waals surface area contributed by atoms with Gasteiger partial charge in [-0.25, -0.2) is 37.3 Å². The quantitative estimate of drug-likeness (QED) is 0.167. The average molecular weight is 555 g/mol. The van der Waals surface area contributed by atoms with Crippen molar-refractivity contribution in [1.29, 1.82) is 0 Å². The minimum atomic E-state index is -4.94. The smallest absolute Gasteiger partial charge is 0.222 e. The number of nitrogens with zero attached hydrogens (tertiary/aromatic N) is 2. The van der Waals surface area contributed by atoms with E-state index in [1.54, 1.807) is 0 Å². The highest BCUT2D eigenvalue weighted by atomic mass is 35.7.